The third kappa shape index (κ3) is 2.19. The van der Waals surface area contributed by atoms with Gasteiger partial charge in [0.25, 0.3) is 0 Å². The summed E-state index contributed by atoms with van der Waals surface area (Å²) >= 11 is 0. The smallest absolute Gasteiger partial charge is 0.311 e. The number of rotatable bonds is 3. The average Bonchev–Trinajstić information content (AvgIpc) is 2.09. The first-order chi connectivity index (χ1) is 6.10. The molecule has 1 fully saturated rings. The Morgan fingerprint density at radius 2 is 2.08 bits per heavy atom. The molecule has 0 bridgehead atoms. The van der Waals surface area contributed by atoms with Gasteiger partial charge in [0, 0.05) is 7.11 Å². The van der Waals surface area contributed by atoms with Crippen LogP contribution >= 0.6 is 0 Å². The van der Waals surface area contributed by atoms with Crippen LogP contribution in [0.3, 0.4) is 0 Å². The fourth-order valence-electron chi connectivity index (χ4n) is 1.85. The van der Waals surface area contributed by atoms with E-state index in [1.807, 2.05) is 0 Å². The third-order valence-electron chi connectivity index (χ3n) is 2.79. The molecule has 0 aliphatic heterocycles. The molecule has 0 saturated heterocycles. The van der Waals surface area contributed by atoms with Crippen molar-refractivity contribution < 1.29 is 19.7 Å². The zero-order chi connectivity index (χ0) is 9.90. The molecule has 1 aliphatic rings. The van der Waals surface area contributed by atoms with Gasteiger partial charge in [0.2, 0.25) is 0 Å². The van der Waals surface area contributed by atoms with Crippen LogP contribution in [0.25, 0.3) is 0 Å². The maximum atomic E-state index is 11.0. The Bertz CT molecular complexity index is 182. The summed E-state index contributed by atoms with van der Waals surface area (Å²) in [4.78, 5) is 11.0. The van der Waals surface area contributed by atoms with E-state index in [4.69, 9.17) is 9.84 Å². The van der Waals surface area contributed by atoms with E-state index in [1.54, 1.807) is 0 Å². The van der Waals surface area contributed by atoms with Crippen molar-refractivity contribution in [3.63, 3.8) is 0 Å². The Kier molecular flexibility index (Phi) is 3.27. The van der Waals surface area contributed by atoms with Gasteiger partial charge >= 0.3 is 5.97 Å². The average molecular weight is 188 g/mol. The number of hydrogen-bond acceptors (Lipinski definition) is 3. The van der Waals surface area contributed by atoms with E-state index in [9.17, 15) is 9.90 Å². The van der Waals surface area contributed by atoms with Crippen LogP contribution in [0.5, 0.6) is 0 Å². The number of aliphatic hydroxyl groups is 1. The Labute approximate surface area is 77.5 Å². The highest BCUT2D eigenvalue weighted by atomic mass is 16.5. The second kappa shape index (κ2) is 4.07. The maximum absolute atomic E-state index is 11.0. The molecule has 76 valence electrons. The number of methoxy groups -OCH3 is 1. The Morgan fingerprint density at radius 3 is 2.46 bits per heavy atom. The fraction of sp³-hybridized carbons (Fsp3) is 0.889. The minimum absolute atomic E-state index is 0.245. The van der Waals surface area contributed by atoms with Gasteiger partial charge < -0.3 is 14.9 Å². The zero-order valence-electron chi connectivity index (χ0n) is 7.82. The van der Waals surface area contributed by atoms with Gasteiger partial charge in [0.15, 0.2) is 0 Å². The number of carboxylic acids is 1. The third-order valence-corrected chi connectivity index (χ3v) is 2.79. The van der Waals surface area contributed by atoms with E-state index in [0.29, 0.717) is 25.7 Å². The van der Waals surface area contributed by atoms with Crippen molar-refractivity contribution in [2.45, 2.75) is 31.8 Å². The summed E-state index contributed by atoms with van der Waals surface area (Å²) in [5.74, 6) is -0.804. The summed E-state index contributed by atoms with van der Waals surface area (Å²) < 4.78 is 4.92. The first-order valence-corrected chi connectivity index (χ1v) is 4.51. The van der Waals surface area contributed by atoms with Gasteiger partial charge in [0.05, 0.1) is 18.1 Å². The highest BCUT2D eigenvalue weighted by molar-refractivity contribution is 5.74. The molecule has 0 radical (unpaired) electrons. The molecule has 0 aromatic heterocycles. The van der Waals surface area contributed by atoms with Crippen molar-refractivity contribution in [1.29, 1.82) is 0 Å². The molecule has 0 amide bonds. The largest absolute Gasteiger partial charge is 0.481 e. The van der Waals surface area contributed by atoms with E-state index in [2.05, 4.69) is 0 Å². The molecule has 0 aromatic carbocycles. The predicted molar refractivity (Wildman–Crippen MR) is 46.4 cm³/mol. The topological polar surface area (TPSA) is 66.8 Å². The molecule has 0 heterocycles. The molecule has 4 nitrogen and oxygen atoms in total. The van der Waals surface area contributed by atoms with E-state index >= 15 is 0 Å². The van der Waals surface area contributed by atoms with Gasteiger partial charge in [-0.15, -0.1) is 0 Å². The molecule has 0 atom stereocenters. The minimum atomic E-state index is -0.804. The summed E-state index contributed by atoms with van der Waals surface area (Å²) in [7, 11) is 1.51. The molecule has 1 aliphatic carbocycles. The maximum Gasteiger partial charge on any atom is 0.311 e. The molecule has 1 rings (SSSR count). The van der Waals surface area contributed by atoms with E-state index in [-0.39, 0.29) is 12.7 Å². The highest BCUT2D eigenvalue weighted by Crippen LogP contribution is 2.36. The van der Waals surface area contributed by atoms with Crippen LogP contribution in [0.4, 0.5) is 0 Å². The number of ether oxygens (including phenoxy) is 1. The van der Waals surface area contributed by atoms with Gasteiger partial charge in [0.1, 0.15) is 0 Å². The second-order valence-electron chi connectivity index (χ2n) is 3.75. The van der Waals surface area contributed by atoms with E-state index in [1.165, 1.54) is 7.11 Å². The molecule has 0 spiro atoms. The molecule has 4 heteroatoms. The van der Waals surface area contributed by atoms with Gasteiger partial charge in [-0.3, -0.25) is 4.79 Å². The molecule has 1 saturated carbocycles. The normalized spacial score (nSPS) is 34.5. The second-order valence-corrected chi connectivity index (χ2v) is 3.75. The van der Waals surface area contributed by atoms with Gasteiger partial charge in [-0.05, 0) is 25.7 Å². The lowest BCUT2D eigenvalue weighted by Gasteiger charge is -2.34. The zero-order valence-corrected chi connectivity index (χ0v) is 7.82. The molecule has 2 N–H and O–H groups in total. The SMILES string of the molecule is COCC1(C(=O)O)CCC(O)CC1. The van der Waals surface area contributed by atoms with Crippen molar-refractivity contribution in [1.82, 2.24) is 0 Å². The van der Waals surface area contributed by atoms with Gasteiger partial charge in [-0.25, -0.2) is 0 Å². The number of aliphatic hydroxyl groups excluding tert-OH is 1. The van der Waals surface area contributed by atoms with Gasteiger partial charge in [-0.1, -0.05) is 0 Å². The first kappa shape index (κ1) is 10.5. The Hall–Kier alpha value is -0.610. The Balaban J connectivity index is 2.63. The summed E-state index contributed by atoms with van der Waals surface area (Å²) in [6.45, 7) is 0.245. The van der Waals surface area contributed by atoms with E-state index in [0.717, 1.165) is 0 Å². The predicted octanol–water partition coefficient (Wildman–Crippen LogP) is 0.639. The van der Waals surface area contributed by atoms with Crippen molar-refractivity contribution in [2.75, 3.05) is 13.7 Å². The molecule has 13 heavy (non-hydrogen) atoms. The van der Waals surface area contributed by atoms with Gasteiger partial charge in [-0.2, -0.15) is 0 Å². The van der Waals surface area contributed by atoms with Crippen LogP contribution in [0.1, 0.15) is 25.7 Å². The lowest BCUT2D eigenvalue weighted by atomic mass is 9.74. The summed E-state index contributed by atoms with van der Waals surface area (Å²) in [6.07, 6.45) is 1.82. The summed E-state index contributed by atoms with van der Waals surface area (Å²) in [5.41, 5.74) is -0.756. The number of hydrogen-bond donors (Lipinski definition) is 2. The Morgan fingerprint density at radius 1 is 1.54 bits per heavy atom. The number of aliphatic carboxylic acids is 1. The molecule has 0 aromatic rings. The lowest BCUT2D eigenvalue weighted by molar-refractivity contribution is -0.156. The standard InChI is InChI=1S/C9H16O4/c1-13-6-9(8(11)12)4-2-7(10)3-5-9/h7,10H,2-6H2,1H3,(H,11,12). The monoisotopic (exact) mass is 188 g/mol. The summed E-state index contributed by atoms with van der Waals surface area (Å²) in [6, 6.07) is 0. The van der Waals surface area contributed by atoms with Crippen molar-refractivity contribution in [3.05, 3.63) is 0 Å². The first-order valence-electron chi connectivity index (χ1n) is 4.51. The molecular weight excluding hydrogens is 172 g/mol. The van der Waals surface area contributed by atoms with Crippen LogP contribution in [0.15, 0.2) is 0 Å². The van der Waals surface area contributed by atoms with Crippen molar-refractivity contribution in [3.8, 4) is 0 Å². The van der Waals surface area contributed by atoms with Crippen LogP contribution in [0.2, 0.25) is 0 Å². The minimum Gasteiger partial charge on any atom is -0.481 e. The number of carbonyl (C=O) groups is 1. The van der Waals surface area contributed by atoms with Crippen LogP contribution in [-0.2, 0) is 9.53 Å². The lowest BCUT2D eigenvalue weighted by Crippen LogP contribution is -2.40. The molecule has 0 unspecified atom stereocenters. The van der Waals surface area contributed by atoms with Crippen molar-refractivity contribution >= 4 is 5.97 Å². The van der Waals surface area contributed by atoms with Crippen LogP contribution in [0, 0.1) is 5.41 Å². The summed E-state index contributed by atoms with van der Waals surface area (Å²) in [5, 5.41) is 18.3. The van der Waals surface area contributed by atoms with Crippen molar-refractivity contribution in [2.24, 2.45) is 5.41 Å². The fourth-order valence-corrected chi connectivity index (χ4v) is 1.85. The quantitative estimate of drug-likeness (QED) is 0.682. The molecular formula is C9H16O4. The number of carboxylic acid groups (broad SMARTS) is 1. The van der Waals surface area contributed by atoms with Crippen LogP contribution < -0.4 is 0 Å². The highest BCUT2D eigenvalue weighted by Gasteiger charge is 2.41. The van der Waals surface area contributed by atoms with Crippen LogP contribution in [-0.4, -0.2) is 36.0 Å². The van der Waals surface area contributed by atoms with E-state index < -0.39 is 11.4 Å².